The molecule has 2 N–H and O–H groups in total. The van der Waals surface area contributed by atoms with Gasteiger partial charge in [-0.2, -0.15) is 0 Å². The maximum Gasteiger partial charge on any atom is 0.191 e. The predicted molar refractivity (Wildman–Crippen MR) is 100 cm³/mol. The molecule has 7 heteroatoms. The van der Waals surface area contributed by atoms with Crippen molar-refractivity contribution in [3.8, 4) is 5.75 Å². The molecule has 0 aliphatic rings. The Morgan fingerprint density at radius 1 is 1.24 bits per heavy atom. The maximum atomic E-state index is 5.79. The average molecular weight is 344 g/mol. The predicted octanol–water partition coefficient (Wildman–Crippen LogP) is 1.78. The zero-order chi connectivity index (χ0) is 17.9. The van der Waals surface area contributed by atoms with Crippen molar-refractivity contribution in [1.29, 1.82) is 0 Å². The molecule has 25 heavy (non-hydrogen) atoms. The molecule has 1 heterocycles. The number of hydrogen-bond donors (Lipinski definition) is 2. The zero-order valence-corrected chi connectivity index (χ0v) is 15.3. The zero-order valence-electron chi connectivity index (χ0n) is 15.3. The summed E-state index contributed by atoms with van der Waals surface area (Å²) in [4.78, 5) is 4.59. The summed E-state index contributed by atoms with van der Waals surface area (Å²) in [5.41, 5.74) is 1.14. The van der Waals surface area contributed by atoms with Gasteiger partial charge in [0, 0.05) is 19.5 Å². The molecule has 1 aromatic heterocycles. The number of ether oxygens (including phenoxy) is 1. The van der Waals surface area contributed by atoms with Gasteiger partial charge in [0.25, 0.3) is 0 Å². The Morgan fingerprint density at radius 3 is 2.84 bits per heavy atom. The van der Waals surface area contributed by atoms with E-state index in [1.165, 1.54) is 0 Å². The fourth-order valence-electron chi connectivity index (χ4n) is 2.40. The summed E-state index contributed by atoms with van der Waals surface area (Å²) in [6.07, 6.45) is 2.63. The Bertz CT molecular complexity index is 667. The highest BCUT2D eigenvalue weighted by Gasteiger charge is 2.02. The third-order valence-electron chi connectivity index (χ3n) is 3.71. The second-order valence-electron chi connectivity index (χ2n) is 5.60. The quantitative estimate of drug-likeness (QED) is 0.412. The fourth-order valence-corrected chi connectivity index (χ4v) is 2.40. The molecule has 0 aliphatic heterocycles. The van der Waals surface area contributed by atoms with E-state index in [9.17, 15) is 0 Å². The SMILES string of the molecule is CCNC(=NCCn1cnnc1CC)NCCOc1ccccc1C. The van der Waals surface area contributed by atoms with E-state index in [2.05, 4.69) is 39.7 Å². The summed E-state index contributed by atoms with van der Waals surface area (Å²) < 4.78 is 7.83. The highest BCUT2D eigenvalue weighted by Crippen LogP contribution is 2.15. The van der Waals surface area contributed by atoms with Crippen molar-refractivity contribution in [3.05, 3.63) is 42.0 Å². The van der Waals surface area contributed by atoms with Gasteiger partial charge < -0.3 is 19.9 Å². The molecule has 0 saturated carbocycles. The number of nitrogens with one attached hydrogen (secondary N) is 2. The van der Waals surface area contributed by atoms with Crippen LogP contribution < -0.4 is 15.4 Å². The molecule has 0 radical (unpaired) electrons. The van der Waals surface area contributed by atoms with Crippen LogP contribution in [-0.2, 0) is 13.0 Å². The van der Waals surface area contributed by atoms with Crippen molar-refractivity contribution in [2.24, 2.45) is 4.99 Å². The van der Waals surface area contributed by atoms with E-state index < -0.39 is 0 Å². The van der Waals surface area contributed by atoms with Gasteiger partial charge >= 0.3 is 0 Å². The van der Waals surface area contributed by atoms with Gasteiger partial charge in [-0.15, -0.1) is 10.2 Å². The Morgan fingerprint density at radius 2 is 2.08 bits per heavy atom. The van der Waals surface area contributed by atoms with E-state index in [1.807, 2.05) is 35.8 Å². The number of nitrogens with zero attached hydrogens (tertiary/aromatic N) is 4. The molecular formula is C18H28N6O. The van der Waals surface area contributed by atoms with Crippen LogP contribution in [0.2, 0.25) is 0 Å². The number of benzene rings is 1. The minimum atomic E-state index is 0.584. The largest absolute Gasteiger partial charge is 0.491 e. The van der Waals surface area contributed by atoms with Gasteiger partial charge in [-0.05, 0) is 25.5 Å². The minimum absolute atomic E-state index is 0.584. The number of hydrogen-bond acceptors (Lipinski definition) is 4. The lowest BCUT2D eigenvalue weighted by Gasteiger charge is -2.13. The van der Waals surface area contributed by atoms with E-state index >= 15 is 0 Å². The summed E-state index contributed by atoms with van der Waals surface area (Å²) in [6.45, 7) is 9.69. The van der Waals surface area contributed by atoms with Crippen LogP contribution in [0.15, 0.2) is 35.6 Å². The molecule has 0 unspecified atom stereocenters. The van der Waals surface area contributed by atoms with Crippen LogP contribution >= 0.6 is 0 Å². The molecule has 0 aliphatic carbocycles. The van der Waals surface area contributed by atoms with Crippen LogP contribution in [0.4, 0.5) is 0 Å². The minimum Gasteiger partial charge on any atom is -0.491 e. The summed E-state index contributed by atoms with van der Waals surface area (Å²) in [5.74, 6) is 2.70. The Kier molecular flexibility index (Phi) is 7.75. The molecule has 2 rings (SSSR count). The first-order valence-corrected chi connectivity index (χ1v) is 8.81. The summed E-state index contributed by atoms with van der Waals surface area (Å²) in [6, 6.07) is 8.02. The van der Waals surface area contributed by atoms with Crippen LogP contribution in [0.3, 0.4) is 0 Å². The lowest BCUT2D eigenvalue weighted by molar-refractivity contribution is 0.320. The van der Waals surface area contributed by atoms with Crippen LogP contribution in [0, 0.1) is 6.92 Å². The first-order chi connectivity index (χ1) is 12.2. The summed E-state index contributed by atoms with van der Waals surface area (Å²) in [7, 11) is 0. The molecule has 0 bridgehead atoms. The van der Waals surface area contributed by atoms with Gasteiger partial charge in [-0.25, -0.2) is 0 Å². The molecule has 0 spiro atoms. The van der Waals surface area contributed by atoms with Gasteiger partial charge in [0.05, 0.1) is 13.1 Å². The first kappa shape index (κ1) is 18.8. The number of aryl methyl sites for hydroxylation is 2. The van der Waals surface area contributed by atoms with Gasteiger partial charge in [0.1, 0.15) is 24.5 Å². The maximum absolute atomic E-state index is 5.79. The van der Waals surface area contributed by atoms with Crippen LogP contribution in [0.5, 0.6) is 5.75 Å². The van der Waals surface area contributed by atoms with Crippen LogP contribution in [0.25, 0.3) is 0 Å². The molecule has 2 aromatic rings. The molecule has 1 aromatic carbocycles. The Labute approximate surface area is 149 Å². The van der Waals surface area contributed by atoms with Crippen LogP contribution in [0.1, 0.15) is 25.2 Å². The van der Waals surface area contributed by atoms with E-state index in [0.717, 1.165) is 42.6 Å². The Balaban J connectivity index is 1.76. The molecule has 0 atom stereocenters. The second-order valence-corrected chi connectivity index (χ2v) is 5.60. The lowest BCUT2D eigenvalue weighted by Crippen LogP contribution is -2.39. The molecule has 0 saturated heterocycles. The number of rotatable bonds is 9. The highest BCUT2D eigenvalue weighted by molar-refractivity contribution is 5.79. The van der Waals surface area contributed by atoms with Crippen molar-refractivity contribution in [3.63, 3.8) is 0 Å². The molecule has 0 amide bonds. The number of para-hydroxylation sites is 1. The van der Waals surface area contributed by atoms with Crippen molar-refractivity contribution in [2.45, 2.75) is 33.7 Å². The van der Waals surface area contributed by atoms with Crippen molar-refractivity contribution in [1.82, 2.24) is 25.4 Å². The molecule has 136 valence electrons. The second kappa shape index (κ2) is 10.3. The van der Waals surface area contributed by atoms with Crippen molar-refractivity contribution >= 4 is 5.96 Å². The molecule has 0 fully saturated rings. The van der Waals surface area contributed by atoms with Gasteiger partial charge in [-0.1, -0.05) is 25.1 Å². The first-order valence-electron chi connectivity index (χ1n) is 8.81. The third kappa shape index (κ3) is 6.10. The number of guanidine groups is 1. The third-order valence-corrected chi connectivity index (χ3v) is 3.71. The molecule has 7 nitrogen and oxygen atoms in total. The summed E-state index contributed by atoms with van der Waals surface area (Å²) >= 11 is 0. The normalized spacial score (nSPS) is 11.4. The van der Waals surface area contributed by atoms with E-state index in [4.69, 9.17) is 4.74 Å². The highest BCUT2D eigenvalue weighted by atomic mass is 16.5. The molecular weight excluding hydrogens is 316 g/mol. The van der Waals surface area contributed by atoms with Crippen molar-refractivity contribution in [2.75, 3.05) is 26.2 Å². The average Bonchev–Trinajstić information content (AvgIpc) is 3.07. The smallest absolute Gasteiger partial charge is 0.191 e. The van der Waals surface area contributed by atoms with Gasteiger partial charge in [0.2, 0.25) is 0 Å². The topological polar surface area (TPSA) is 76.4 Å². The van der Waals surface area contributed by atoms with Crippen LogP contribution in [-0.4, -0.2) is 47.0 Å². The lowest BCUT2D eigenvalue weighted by atomic mass is 10.2. The Hall–Kier alpha value is -2.57. The summed E-state index contributed by atoms with van der Waals surface area (Å²) in [5, 5.41) is 14.6. The van der Waals surface area contributed by atoms with Gasteiger partial charge in [0.15, 0.2) is 5.96 Å². The van der Waals surface area contributed by atoms with E-state index in [-0.39, 0.29) is 0 Å². The monoisotopic (exact) mass is 344 g/mol. The van der Waals surface area contributed by atoms with E-state index in [1.54, 1.807) is 6.33 Å². The number of aliphatic imine (C=N–C) groups is 1. The standard InChI is InChI=1S/C18H28N6O/c1-4-17-23-22-14-24(17)12-10-20-18(19-5-2)21-11-13-25-16-9-7-6-8-15(16)3/h6-9,14H,4-5,10-13H2,1-3H3,(H2,19,20,21). The van der Waals surface area contributed by atoms with Gasteiger partial charge in [-0.3, -0.25) is 4.99 Å². The van der Waals surface area contributed by atoms with E-state index in [0.29, 0.717) is 19.7 Å². The fraction of sp³-hybridized carbons (Fsp3) is 0.500. The number of aromatic nitrogens is 3. The van der Waals surface area contributed by atoms with Crippen molar-refractivity contribution < 1.29 is 4.74 Å².